The highest BCUT2D eigenvalue weighted by Gasteiger charge is 2.46. The van der Waals surface area contributed by atoms with E-state index in [2.05, 4.69) is 20.3 Å². The predicted octanol–water partition coefficient (Wildman–Crippen LogP) is -2.44. The molecule has 2 unspecified atom stereocenters. The van der Waals surface area contributed by atoms with Crippen LogP contribution in [0.25, 0.3) is 11.2 Å². The van der Waals surface area contributed by atoms with Gasteiger partial charge in [-0.3, -0.25) is 4.57 Å². The van der Waals surface area contributed by atoms with E-state index in [0.29, 0.717) is 6.54 Å². The monoisotopic (exact) mass is 519 g/mol. The number of benzene rings is 1. The summed E-state index contributed by atoms with van der Waals surface area (Å²) < 4.78 is 12.6. The lowest BCUT2D eigenvalue weighted by Gasteiger charge is -2.40. The van der Waals surface area contributed by atoms with E-state index in [1.165, 1.54) is 10.9 Å². The maximum absolute atomic E-state index is 10.6. The number of imidazole rings is 1. The molecule has 5 rings (SSSR count). The molecule has 0 aliphatic carbocycles. The normalized spacial score (nSPS) is 34.2. The molecule has 2 aromatic heterocycles. The predicted molar refractivity (Wildman–Crippen MR) is 125 cm³/mol. The highest BCUT2D eigenvalue weighted by Crippen LogP contribution is 2.36. The van der Waals surface area contributed by atoms with E-state index in [1.54, 1.807) is 0 Å². The average Bonchev–Trinajstić information content (AvgIpc) is 3.47. The zero-order valence-corrected chi connectivity index (χ0v) is 19.5. The molecule has 0 bridgehead atoms. The van der Waals surface area contributed by atoms with Gasteiger partial charge >= 0.3 is 0 Å². The molecule has 0 radical (unpaired) electrons. The zero-order valence-electron chi connectivity index (χ0n) is 19.5. The number of rotatable bonds is 7. The van der Waals surface area contributed by atoms with Crippen LogP contribution in [0.2, 0.25) is 0 Å². The fraction of sp³-hybridized carbons (Fsp3) is 0.522. The largest absolute Gasteiger partial charge is 0.394 e. The van der Waals surface area contributed by atoms with E-state index in [4.69, 9.17) is 9.47 Å². The van der Waals surface area contributed by atoms with Gasteiger partial charge in [0, 0.05) is 6.54 Å². The maximum Gasteiger partial charge on any atom is 0.168 e. The molecule has 3 aromatic rings. The zero-order chi connectivity index (χ0) is 26.3. The maximum atomic E-state index is 10.6. The summed E-state index contributed by atoms with van der Waals surface area (Å²) in [7, 11) is 0. The molecule has 14 heteroatoms. The van der Waals surface area contributed by atoms with Gasteiger partial charge in [0.15, 0.2) is 29.0 Å². The number of aliphatic hydroxyl groups excluding tert-OH is 7. The highest BCUT2D eigenvalue weighted by molar-refractivity contribution is 5.83. The van der Waals surface area contributed by atoms with Gasteiger partial charge in [-0.1, -0.05) is 30.3 Å². The first kappa shape index (κ1) is 25.8. The minimum atomic E-state index is -1.62. The molecule has 0 saturated carbocycles. The van der Waals surface area contributed by atoms with Crippen molar-refractivity contribution in [1.29, 1.82) is 0 Å². The van der Waals surface area contributed by atoms with Gasteiger partial charge in [0.25, 0.3) is 0 Å². The van der Waals surface area contributed by atoms with Crippen molar-refractivity contribution < 1.29 is 45.2 Å². The summed E-state index contributed by atoms with van der Waals surface area (Å²) in [4.78, 5) is 13.3. The van der Waals surface area contributed by atoms with E-state index in [0.717, 1.165) is 5.56 Å². The molecule has 0 amide bonds. The molecule has 37 heavy (non-hydrogen) atoms. The molecule has 200 valence electrons. The number of hydrogen-bond acceptors (Lipinski definition) is 13. The molecule has 2 aliphatic heterocycles. The molecule has 1 aromatic carbocycles. The van der Waals surface area contributed by atoms with Gasteiger partial charge in [-0.15, -0.1) is 0 Å². The number of aliphatic hydroxyl groups is 7. The van der Waals surface area contributed by atoms with Crippen molar-refractivity contribution >= 4 is 17.0 Å². The number of fused-ring (bicyclic) bond motifs is 1. The van der Waals surface area contributed by atoms with Crippen LogP contribution in [0.5, 0.6) is 0 Å². The van der Waals surface area contributed by atoms with Gasteiger partial charge < -0.3 is 50.5 Å². The smallest absolute Gasteiger partial charge is 0.168 e. The summed E-state index contributed by atoms with van der Waals surface area (Å²) in [5, 5.41) is 74.1. The molecule has 4 heterocycles. The van der Waals surface area contributed by atoms with Crippen LogP contribution in [0.3, 0.4) is 0 Å². The summed E-state index contributed by atoms with van der Waals surface area (Å²) in [6, 6.07) is 9.46. The minimum Gasteiger partial charge on any atom is -0.394 e. The first-order valence-corrected chi connectivity index (χ1v) is 11.8. The van der Waals surface area contributed by atoms with E-state index in [-0.39, 0.29) is 22.8 Å². The Morgan fingerprint density at radius 2 is 1.49 bits per heavy atom. The van der Waals surface area contributed by atoms with Crippen LogP contribution in [-0.2, 0) is 16.0 Å². The van der Waals surface area contributed by atoms with E-state index >= 15 is 0 Å². The number of anilines is 1. The quantitative estimate of drug-likeness (QED) is 0.163. The third-order valence-corrected chi connectivity index (χ3v) is 6.68. The van der Waals surface area contributed by atoms with Crippen LogP contribution in [0.4, 0.5) is 5.82 Å². The molecule has 0 spiro atoms. The fourth-order valence-corrected chi connectivity index (χ4v) is 4.58. The Morgan fingerprint density at radius 1 is 0.811 bits per heavy atom. The first-order chi connectivity index (χ1) is 17.8. The molecule has 14 nitrogen and oxygen atoms in total. The minimum absolute atomic E-state index is 0.0306. The van der Waals surface area contributed by atoms with Crippen molar-refractivity contribution in [2.24, 2.45) is 0 Å². The number of nitrogens with one attached hydrogen (secondary N) is 1. The third-order valence-electron chi connectivity index (χ3n) is 6.68. The van der Waals surface area contributed by atoms with E-state index in [9.17, 15) is 35.7 Å². The fourth-order valence-electron chi connectivity index (χ4n) is 4.58. The molecule has 2 fully saturated rings. The highest BCUT2D eigenvalue weighted by atomic mass is 16.6. The van der Waals surface area contributed by atoms with Crippen molar-refractivity contribution in [3.63, 3.8) is 0 Å². The van der Waals surface area contributed by atoms with Crippen LogP contribution in [0.15, 0.2) is 36.7 Å². The average molecular weight is 520 g/mol. The molecular formula is C23H29N5O9. The number of aromatic nitrogens is 4. The first-order valence-electron chi connectivity index (χ1n) is 11.8. The number of ether oxygens (including phenoxy) is 2. The van der Waals surface area contributed by atoms with Crippen LogP contribution in [-0.4, -0.2) is 111 Å². The summed E-state index contributed by atoms with van der Waals surface area (Å²) in [6.07, 6.45) is -10.9. The van der Waals surface area contributed by atoms with Crippen LogP contribution < -0.4 is 5.32 Å². The van der Waals surface area contributed by atoms with Crippen LogP contribution >= 0.6 is 0 Å². The Hall–Kier alpha value is -2.79. The lowest BCUT2D eigenvalue weighted by Crippen LogP contribution is -2.56. The van der Waals surface area contributed by atoms with Crippen LogP contribution in [0, 0.1) is 0 Å². The molecular weight excluding hydrogens is 490 g/mol. The van der Waals surface area contributed by atoms with Gasteiger partial charge in [0.2, 0.25) is 0 Å². The van der Waals surface area contributed by atoms with E-state index < -0.39 is 68.3 Å². The molecule has 8 N–H and O–H groups in total. The molecule has 2 saturated heterocycles. The summed E-state index contributed by atoms with van der Waals surface area (Å²) in [6.45, 7) is -0.783. The lowest BCUT2D eigenvalue weighted by molar-refractivity contribution is -0.250. The molecule has 2 aliphatic rings. The van der Waals surface area contributed by atoms with Crippen molar-refractivity contribution in [2.75, 3.05) is 18.5 Å². The van der Waals surface area contributed by atoms with Crippen molar-refractivity contribution in [1.82, 2.24) is 19.5 Å². The summed E-state index contributed by atoms with van der Waals surface area (Å²) in [5.41, 5.74) is 1.34. The lowest BCUT2D eigenvalue weighted by atomic mass is 9.98. The summed E-state index contributed by atoms with van der Waals surface area (Å²) in [5.74, 6) is 0.224. The van der Waals surface area contributed by atoms with Gasteiger partial charge in [-0.05, 0) is 5.56 Å². The van der Waals surface area contributed by atoms with Crippen molar-refractivity contribution in [3.05, 3.63) is 48.0 Å². The Bertz CT molecular complexity index is 1210. The number of hydrogen-bond donors (Lipinski definition) is 8. The standard InChI is InChI=1S/C23H29N5O9/c29-7-11-15(32)17(34)19(36-11)21-26-20(24-6-10-4-2-1-3-5-10)13-22(27-21)28(9-25-13)23-18(35)16(33)14(31)12(8-30)37-23/h1-5,9,11-12,14-19,23,29-35H,6-8H2,(H,24,26,27)/t11-,12-,14-,15-,16+,17-,18-,19?,23?/m1/s1. The Balaban J connectivity index is 1.57. The Kier molecular flexibility index (Phi) is 7.35. The van der Waals surface area contributed by atoms with E-state index in [1.807, 2.05) is 30.3 Å². The van der Waals surface area contributed by atoms with Crippen molar-refractivity contribution in [3.8, 4) is 0 Å². The number of nitrogens with zero attached hydrogens (tertiary/aromatic N) is 4. The second-order valence-corrected chi connectivity index (χ2v) is 9.07. The van der Waals surface area contributed by atoms with Crippen LogP contribution in [0.1, 0.15) is 23.7 Å². The van der Waals surface area contributed by atoms with Crippen molar-refractivity contribution in [2.45, 2.75) is 61.6 Å². The topological polar surface area (TPSA) is 216 Å². The Morgan fingerprint density at radius 3 is 2.16 bits per heavy atom. The van der Waals surface area contributed by atoms with Gasteiger partial charge in [0.1, 0.15) is 48.8 Å². The van der Waals surface area contributed by atoms with Gasteiger partial charge in [-0.2, -0.15) is 0 Å². The third kappa shape index (κ3) is 4.67. The Labute approximate surface area is 210 Å². The van der Waals surface area contributed by atoms with Gasteiger partial charge in [0.05, 0.1) is 19.5 Å². The summed E-state index contributed by atoms with van der Waals surface area (Å²) >= 11 is 0. The second-order valence-electron chi connectivity index (χ2n) is 9.07. The SMILES string of the molecule is OC[C@H]1OC(c2nc(NCc3ccccc3)c3ncn(C4O[C@H](CO)[C@@H](O)[C@H](O)[C@H]4O)c3n2)[C@H](O)[C@@H]1O. The second kappa shape index (κ2) is 10.5. The molecule has 9 atom stereocenters. The van der Waals surface area contributed by atoms with Gasteiger partial charge in [-0.25, -0.2) is 15.0 Å².